The molecule has 0 spiro atoms. The molecule has 0 aromatic rings. The van der Waals surface area contributed by atoms with Crippen molar-refractivity contribution in [2.45, 2.75) is 20.3 Å². The number of ether oxygens (including phenoxy) is 1. The van der Waals surface area contributed by atoms with Gasteiger partial charge in [-0.1, -0.05) is 13.8 Å². The molecule has 0 amide bonds. The van der Waals surface area contributed by atoms with Gasteiger partial charge in [0.15, 0.2) is 0 Å². The van der Waals surface area contributed by atoms with Gasteiger partial charge in [-0.25, -0.2) is 8.78 Å². The van der Waals surface area contributed by atoms with E-state index in [1.807, 2.05) is 13.8 Å². The van der Waals surface area contributed by atoms with Crippen LogP contribution >= 0.6 is 0 Å². The summed E-state index contributed by atoms with van der Waals surface area (Å²) in [5.41, 5.74) is 0. The molecule has 0 aromatic carbocycles. The smallest absolute Gasteiger partial charge is 0.261 e. The second kappa shape index (κ2) is 4.68. The van der Waals surface area contributed by atoms with E-state index in [-0.39, 0.29) is 0 Å². The maximum atomic E-state index is 11.4. The Labute approximate surface area is 54.0 Å². The van der Waals surface area contributed by atoms with E-state index in [0.717, 1.165) is 0 Å². The molecule has 0 aromatic heterocycles. The van der Waals surface area contributed by atoms with Gasteiger partial charge in [0.25, 0.3) is 6.43 Å². The highest BCUT2D eigenvalue weighted by Gasteiger charge is 2.01. The van der Waals surface area contributed by atoms with Crippen LogP contribution in [0.5, 0.6) is 0 Å². The van der Waals surface area contributed by atoms with Crippen LogP contribution in [0.1, 0.15) is 13.8 Å². The first-order valence-electron chi connectivity index (χ1n) is 2.98. The summed E-state index contributed by atoms with van der Waals surface area (Å²) in [6.07, 6.45) is -2.33. The summed E-state index contributed by atoms with van der Waals surface area (Å²) < 4.78 is 27.3. The van der Waals surface area contributed by atoms with Gasteiger partial charge in [-0.3, -0.25) is 0 Å². The van der Waals surface area contributed by atoms with Gasteiger partial charge in [-0.15, -0.1) is 0 Å². The van der Waals surface area contributed by atoms with Crippen molar-refractivity contribution in [2.24, 2.45) is 5.92 Å². The molecular weight excluding hydrogens is 126 g/mol. The first-order valence-corrected chi connectivity index (χ1v) is 2.98. The van der Waals surface area contributed by atoms with Crippen molar-refractivity contribution < 1.29 is 13.5 Å². The molecule has 0 rings (SSSR count). The Bertz CT molecular complexity index is 56.1. The third-order valence-corrected chi connectivity index (χ3v) is 0.695. The lowest BCUT2D eigenvalue weighted by molar-refractivity contribution is 0.00797. The van der Waals surface area contributed by atoms with Crippen LogP contribution in [0.3, 0.4) is 0 Å². The van der Waals surface area contributed by atoms with Crippen LogP contribution in [0.15, 0.2) is 0 Å². The zero-order valence-electron chi connectivity index (χ0n) is 5.73. The van der Waals surface area contributed by atoms with E-state index in [2.05, 4.69) is 4.74 Å². The van der Waals surface area contributed by atoms with Crippen LogP contribution in [0, 0.1) is 5.92 Å². The monoisotopic (exact) mass is 138 g/mol. The molecule has 9 heavy (non-hydrogen) atoms. The Kier molecular flexibility index (Phi) is 4.58. The molecule has 1 nitrogen and oxygen atoms in total. The zero-order valence-corrected chi connectivity index (χ0v) is 5.73. The van der Waals surface area contributed by atoms with Crippen molar-refractivity contribution in [1.29, 1.82) is 0 Å². The molecule has 0 aliphatic heterocycles. The lowest BCUT2D eigenvalue weighted by Crippen LogP contribution is -2.08. The predicted molar refractivity (Wildman–Crippen MR) is 31.7 cm³/mol. The molecule has 3 heteroatoms. The molecule has 56 valence electrons. The van der Waals surface area contributed by atoms with Gasteiger partial charge in [-0.05, 0) is 5.92 Å². The van der Waals surface area contributed by atoms with Gasteiger partial charge in [-0.2, -0.15) is 0 Å². The van der Waals surface area contributed by atoms with Crippen molar-refractivity contribution in [1.82, 2.24) is 0 Å². The van der Waals surface area contributed by atoms with Crippen molar-refractivity contribution in [2.75, 3.05) is 13.2 Å². The summed E-state index contributed by atoms with van der Waals surface area (Å²) in [7, 11) is 0. The highest BCUT2D eigenvalue weighted by atomic mass is 19.3. The van der Waals surface area contributed by atoms with E-state index in [4.69, 9.17) is 0 Å². The lowest BCUT2D eigenvalue weighted by atomic mass is 10.2. The van der Waals surface area contributed by atoms with E-state index in [1.54, 1.807) is 0 Å². The maximum Gasteiger partial charge on any atom is 0.261 e. The molecule has 0 radical (unpaired) electrons. The summed E-state index contributed by atoms with van der Waals surface area (Å²) in [5.74, 6) is 0.337. The number of hydrogen-bond acceptors (Lipinski definition) is 1. The van der Waals surface area contributed by atoms with E-state index in [0.29, 0.717) is 12.5 Å². The fraction of sp³-hybridized carbons (Fsp3) is 1.00. The SMILES string of the molecule is CC(C)COCC(F)F. The van der Waals surface area contributed by atoms with Gasteiger partial charge >= 0.3 is 0 Å². The molecule has 0 aliphatic carbocycles. The molecule has 0 saturated carbocycles. The molecule has 0 heterocycles. The third-order valence-electron chi connectivity index (χ3n) is 0.695. The zero-order chi connectivity index (χ0) is 7.28. The summed E-state index contributed by atoms with van der Waals surface area (Å²) in [4.78, 5) is 0. The average Bonchev–Trinajstić information content (AvgIpc) is 1.63. The average molecular weight is 138 g/mol. The van der Waals surface area contributed by atoms with Gasteiger partial charge in [0.05, 0.1) is 0 Å². The second-order valence-corrected chi connectivity index (χ2v) is 2.32. The Balaban J connectivity index is 2.91. The molecule has 0 unspecified atom stereocenters. The Morgan fingerprint density at radius 2 is 1.78 bits per heavy atom. The van der Waals surface area contributed by atoms with E-state index in [1.165, 1.54) is 0 Å². The summed E-state index contributed by atoms with van der Waals surface area (Å²) in [5, 5.41) is 0. The third kappa shape index (κ3) is 7.82. The lowest BCUT2D eigenvalue weighted by Gasteiger charge is -2.04. The van der Waals surface area contributed by atoms with Gasteiger partial charge in [0.1, 0.15) is 6.61 Å². The maximum absolute atomic E-state index is 11.4. The molecule has 0 saturated heterocycles. The number of halogens is 2. The molecule has 0 fully saturated rings. The minimum absolute atomic E-state index is 0.337. The van der Waals surface area contributed by atoms with Gasteiger partial charge in [0.2, 0.25) is 0 Å². The number of hydrogen-bond donors (Lipinski definition) is 0. The minimum Gasteiger partial charge on any atom is -0.375 e. The van der Waals surface area contributed by atoms with Crippen LogP contribution in [0.4, 0.5) is 8.78 Å². The van der Waals surface area contributed by atoms with E-state index < -0.39 is 13.0 Å². The topological polar surface area (TPSA) is 9.23 Å². The van der Waals surface area contributed by atoms with Crippen LogP contribution in [-0.2, 0) is 4.74 Å². The first kappa shape index (κ1) is 8.82. The quantitative estimate of drug-likeness (QED) is 0.576. The van der Waals surface area contributed by atoms with Crippen molar-refractivity contribution in [3.8, 4) is 0 Å². The number of alkyl halides is 2. The fourth-order valence-corrected chi connectivity index (χ4v) is 0.393. The Hall–Kier alpha value is -0.180. The van der Waals surface area contributed by atoms with Crippen LogP contribution in [0.2, 0.25) is 0 Å². The standard InChI is InChI=1S/C6H12F2O/c1-5(2)3-9-4-6(7)8/h5-6H,3-4H2,1-2H3. The Morgan fingerprint density at radius 3 is 2.11 bits per heavy atom. The second-order valence-electron chi connectivity index (χ2n) is 2.32. The highest BCUT2D eigenvalue weighted by Crippen LogP contribution is 1.96. The van der Waals surface area contributed by atoms with E-state index in [9.17, 15) is 8.78 Å². The Morgan fingerprint density at radius 1 is 1.22 bits per heavy atom. The normalized spacial score (nSPS) is 11.3. The summed E-state index contributed by atoms with van der Waals surface area (Å²) in [6.45, 7) is 3.83. The molecule has 0 aliphatic rings. The highest BCUT2D eigenvalue weighted by molar-refractivity contribution is 4.40. The largest absolute Gasteiger partial charge is 0.375 e. The first-order chi connectivity index (χ1) is 4.13. The van der Waals surface area contributed by atoms with E-state index >= 15 is 0 Å². The van der Waals surface area contributed by atoms with Crippen molar-refractivity contribution >= 4 is 0 Å². The van der Waals surface area contributed by atoms with Crippen LogP contribution in [0.25, 0.3) is 0 Å². The van der Waals surface area contributed by atoms with Crippen molar-refractivity contribution in [3.05, 3.63) is 0 Å². The van der Waals surface area contributed by atoms with Crippen molar-refractivity contribution in [3.63, 3.8) is 0 Å². The van der Waals surface area contributed by atoms with Crippen LogP contribution < -0.4 is 0 Å². The molecule has 0 N–H and O–H groups in total. The molecule has 0 atom stereocenters. The summed E-state index contributed by atoms with van der Waals surface area (Å²) >= 11 is 0. The molecular formula is C6H12F2O. The fourth-order valence-electron chi connectivity index (χ4n) is 0.393. The van der Waals surface area contributed by atoms with Gasteiger partial charge in [0, 0.05) is 6.61 Å². The predicted octanol–water partition coefficient (Wildman–Crippen LogP) is 1.92. The molecule has 0 bridgehead atoms. The number of rotatable bonds is 4. The van der Waals surface area contributed by atoms with Gasteiger partial charge < -0.3 is 4.74 Å². The minimum atomic E-state index is -2.33. The summed E-state index contributed by atoms with van der Waals surface area (Å²) in [6, 6.07) is 0. The van der Waals surface area contributed by atoms with Crippen LogP contribution in [-0.4, -0.2) is 19.6 Å².